The van der Waals surface area contributed by atoms with Crippen molar-refractivity contribution < 1.29 is 22.7 Å². The average molecular weight is 474 g/mol. The fraction of sp³-hybridized carbons (Fsp3) is 0.375. The monoisotopic (exact) mass is 474 g/mol. The number of H-pyrrole nitrogens is 1. The maximum Gasteiger partial charge on any atom is 0.416 e. The molecule has 2 unspecified atom stereocenters. The van der Waals surface area contributed by atoms with Gasteiger partial charge in [0, 0.05) is 37.5 Å². The number of aromatic nitrogens is 2. The van der Waals surface area contributed by atoms with E-state index in [0.717, 1.165) is 12.5 Å². The van der Waals surface area contributed by atoms with Gasteiger partial charge in [0.05, 0.1) is 22.6 Å². The highest BCUT2D eigenvalue weighted by atomic mass is 19.4. The first kappa shape index (κ1) is 23.7. The Bertz CT molecular complexity index is 1270. The van der Waals surface area contributed by atoms with Gasteiger partial charge in [-0.25, -0.2) is 4.98 Å². The maximum absolute atomic E-state index is 13.8. The molecule has 1 aromatic heterocycles. The number of methoxy groups -OCH3 is 1. The fourth-order valence-corrected chi connectivity index (χ4v) is 4.25. The lowest BCUT2D eigenvalue weighted by Crippen LogP contribution is -2.29. The molecule has 1 fully saturated rings. The third-order valence-electron chi connectivity index (χ3n) is 6.05. The molecule has 34 heavy (non-hydrogen) atoms. The highest BCUT2D eigenvalue weighted by Gasteiger charge is 2.35. The molecule has 0 bridgehead atoms. The first-order valence-electron chi connectivity index (χ1n) is 10.9. The number of alkyl halides is 3. The standard InChI is InChI=1S/C24H25F3N4O3/c1-13(18-10-19-21(11-20(18)24(25,26)27)29-14(2)30-22(19)32)28-16-6-4-15(5-7-16)23(33)31-9-8-17(12-31)34-3/h4-7,10-11,13,17,28H,8-9,12H2,1-3H3,(H,29,30,32). The number of carbonyl (C=O) groups is 1. The van der Waals surface area contributed by atoms with Gasteiger partial charge in [-0.3, -0.25) is 9.59 Å². The van der Waals surface area contributed by atoms with Crippen molar-refractivity contribution in [2.75, 3.05) is 25.5 Å². The first-order valence-corrected chi connectivity index (χ1v) is 10.9. The van der Waals surface area contributed by atoms with Crippen LogP contribution in [0.1, 0.15) is 46.7 Å². The number of hydrogen-bond donors (Lipinski definition) is 2. The van der Waals surface area contributed by atoms with Gasteiger partial charge < -0.3 is 19.9 Å². The number of anilines is 1. The second-order valence-electron chi connectivity index (χ2n) is 8.45. The normalized spacial score (nSPS) is 17.2. The molecule has 0 spiro atoms. The Labute approximate surface area is 193 Å². The number of aromatic amines is 1. The lowest BCUT2D eigenvalue weighted by atomic mass is 9.98. The summed E-state index contributed by atoms with van der Waals surface area (Å²) in [6.45, 7) is 4.24. The number of benzene rings is 2. The van der Waals surface area contributed by atoms with Crippen LogP contribution in [0.4, 0.5) is 18.9 Å². The van der Waals surface area contributed by atoms with Crippen molar-refractivity contribution in [2.24, 2.45) is 0 Å². The Balaban J connectivity index is 1.58. The van der Waals surface area contributed by atoms with Gasteiger partial charge in [-0.1, -0.05) is 0 Å². The van der Waals surface area contributed by atoms with E-state index >= 15 is 0 Å². The maximum atomic E-state index is 13.8. The van der Waals surface area contributed by atoms with E-state index in [1.165, 1.54) is 13.0 Å². The molecular weight excluding hydrogens is 449 g/mol. The molecule has 10 heteroatoms. The van der Waals surface area contributed by atoms with Crippen molar-refractivity contribution >= 4 is 22.5 Å². The van der Waals surface area contributed by atoms with E-state index in [1.807, 2.05) is 0 Å². The van der Waals surface area contributed by atoms with Gasteiger partial charge in [-0.2, -0.15) is 13.2 Å². The molecular formula is C24H25F3N4O3. The van der Waals surface area contributed by atoms with Crippen LogP contribution in [0.2, 0.25) is 0 Å². The van der Waals surface area contributed by atoms with Crippen LogP contribution in [-0.2, 0) is 10.9 Å². The number of rotatable bonds is 5. The van der Waals surface area contributed by atoms with Crippen LogP contribution < -0.4 is 10.9 Å². The Hall–Kier alpha value is -3.40. The summed E-state index contributed by atoms with van der Waals surface area (Å²) >= 11 is 0. The molecule has 4 rings (SSSR count). The predicted octanol–water partition coefficient (Wildman–Crippen LogP) is 4.28. The molecule has 180 valence electrons. The summed E-state index contributed by atoms with van der Waals surface area (Å²) in [5.74, 6) is 0.126. The Morgan fingerprint density at radius 1 is 1.26 bits per heavy atom. The van der Waals surface area contributed by atoms with E-state index in [2.05, 4.69) is 15.3 Å². The van der Waals surface area contributed by atoms with Crippen LogP contribution in [0.15, 0.2) is 41.2 Å². The van der Waals surface area contributed by atoms with Crippen LogP contribution in [0.25, 0.3) is 10.9 Å². The summed E-state index contributed by atoms with van der Waals surface area (Å²) in [4.78, 5) is 33.3. The number of nitrogens with zero attached hydrogens (tertiary/aromatic N) is 2. The van der Waals surface area contributed by atoms with Crippen molar-refractivity contribution in [2.45, 2.75) is 38.6 Å². The van der Waals surface area contributed by atoms with E-state index in [1.54, 1.807) is 43.2 Å². The minimum Gasteiger partial charge on any atom is -0.380 e. The molecule has 0 aliphatic carbocycles. The Morgan fingerprint density at radius 2 is 1.97 bits per heavy atom. The number of hydrogen-bond acceptors (Lipinski definition) is 5. The predicted molar refractivity (Wildman–Crippen MR) is 122 cm³/mol. The topological polar surface area (TPSA) is 87.3 Å². The molecule has 0 saturated carbocycles. The minimum absolute atomic E-state index is 0.00925. The lowest BCUT2D eigenvalue weighted by Gasteiger charge is -2.21. The zero-order valence-corrected chi connectivity index (χ0v) is 19.0. The molecule has 1 aliphatic rings. The van der Waals surface area contributed by atoms with E-state index in [0.29, 0.717) is 24.3 Å². The highest BCUT2D eigenvalue weighted by Crippen LogP contribution is 2.37. The zero-order valence-electron chi connectivity index (χ0n) is 19.0. The van der Waals surface area contributed by atoms with Gasteiger partial charge in [0.15, 0.2) is 0 Å². The summed E-state index contributed by atoms with van der Waals surface area (Å²) in [6.07, 6.45) is -3.81. The van der Waals surface area contributed by atoms with Crippen molar-refractivity contribution in [1.29, 1.82) is 0 Å². The summed E-state index contributed by atoms with van der Waals surface area (Å²) in [7, 11) is 1.62. The van der Waals surface area contributed by atoms with Crippen LogP contribution >= 0.6 is 0 Å². The molecule has 1 aliphatic heterocycles. The first-order chi connectivity index (χ1) is 16.1. The SMILES string of the molecule is COC1CCN(C(=O)c2ccc(NC(C)c3cc4c(=O)[nH]c(C)nc4cc3C(F)(F)F)cc2)C1. The van der Waals surface area contributed by atoms with Crippen molar-refractivity contribution in [3.05, 3.63) is 69.3 Å². The van der Waals surface area contributed by atoms with Gasteiger partial charge >= 0.3 is 6.18 Å². The molecule has 7 nitrogen and oxygen atoms in total. The zero-order chi connectivity index (χ0) is 24.6. The average Bonchev–Trinajstić information content (AvgIpc) is 3.27. The largest absolute Gasteiger partial charge is 0.416 e. The third-order valence-corrected chi connectivity index (χ3v) is 6.05. The quantitative estimate of drug-likeness (QED) is 0.576. The number of nitrogens with one attached hydrogen (secondary N) is 2. The molecule has 0 radical (unpaired) electrons. The van der Waals surface area contributed by atoms with Gasteiger partial charge in [0.2, 0.25) is 0 Å². The molecule has 2 N–H and O–H groups in total. The van der Waals surface area contributed by atoms with Crippen molar-refractivity contribution in [3.8, 4) is 0 Å². The smallest absolute Gasteiger partial charge is 0.380 e. The number of amides is 1. The Morgan fingerprint density at radius 3 is 2.59 bits per heavy atom. The molecule has 2 atom stereocenters. The number of fused-ring (bicyclic) bond motifs is 1. The fourth-order valence-electron chi connectivity index (χ4n) is 4.25. The van der Waals surface area contributed by atoms with Gasteiger partial charge in [-0.05, 0) is 62.2 Å². The Kier molecular flexibility index (Phi) is 6.35. The van der Waals surface area contributed by atoms with Crippen LogP contribution in [0.3, 0.4) is 0 Å². The summed E-state index contributed by atoms with van der Waals surface area (Å²) < 4.78 is 46.8. The molecule has 2 aromatic carbocycles. The van der Waals surface area contributed by atoms with Gasteiger partial charge in [0.1, 0.15) is 5.82 Å². The van der Waals surface area contributed by atoms with Crippen molar-refractivity contribution in [3.63, 3.8) is 0 Å². The summed E-state index contributed by atoms with van der Waals surface area (Å²) in [5.41, 5.74) is -0.394. The number of likely N-dealkylation sites (tertiary alicyclic amines) is 1. The lowest BCUT2D eigenvalue weighted by molar-refractivity contribution is -0.138. The van der Waals surface area contributed by atoms with E-state index in [-0.39, 0.29) is 34.3 Å². The highest BCUT2D eigenvalue weighted by molar-refractivity contribution is 5.94. The minimum atomic E-state index is -4.62. The number of aryl methyl sites for hydroxylation is 1. The molecule has 1 saturated heterocycles. The summed E-state index contributed by atoms with van der Waals surface area (Å²) in [6, 6.07) is 7.96. The molecule has 3 aromatic rings. The van der Waals surface area contributed by atoms with E-state index < -0.39 is 23.3 Å². The second kappa shape index (κ2) is 9.09. The van der Waals surface area contributed by atoms with Gasteiger partial charge in [-0.15, -0.1) is 0 Å². The van der Waals surface area contributed by atoms with Crippen LogP contribution in [0.5, 0.6) is 0 Å². The third kappa shape index (κ3) is 4.77. The molecule has 2 heterocycles. The van der Waals surface area contributed by atoms with Crippen LogP contribution in [0, 0.1) is 6.92 Å². The number of carbonyl (C=O) groups excluding carboxylic acids is 1. The van der Waals surface area contributed by atoms with E-state index in [9.17, 15) is 22.8 Å². The van der Waals surface area contributed by atoms with Gasteiger partial charge in [0.25, 0.3) is 11.5 Å². The molecule has 1 amide bonds. The van der Waals surface area contributed by atoms with Crippen LogP contribution in [-0.4, -0.2) is 47.1 Å². The number of halogens is 3. The second-order valence-corrected chi connectivity index (χ2v) is 8.45. The summed E-state index contributed by atoms with van der Waals surface area (Å²) in [5, 5.41) is 3.13. The number of ether oxygens (including phenoxy) is 1. The van der Waals surface area contributed by atoms with E-state index in [4.69, 9.17) is 4.74 Å². The van der Waals surface area contributed by atoms with Crippen molar-refractivity contribution in [1.82, 2.24) is 14.9 Å².